The Kier molecular flexibility index (Phi) is 113. The van der Waals surface area contributed by atoms with Crippen LogP contribution >= 0.6 is 0 Å². The first-order chi connectivity index (χ1) is 22.2. The summed E-state index contributed by atoms with van der Waals surface area (Å²) in [6.45, 7) is 45.3. The van der Waals surface area contributed by atoms with Crippen LogP contribution in [0.1, 0.15) is 192 Å². The van der Waals surface area contributed by atoms with Crippen LogP contribution in [0, 0.1) is 43.3 Å². The maximum Gasteiger partial charge on any atom is 4.00 e. The van der Waals surface area contributed by atoms with Gasteiger partial charge in [-0.05, 0) is 0 Å². The third-order valence-corrected chi connectivity index (χ3v) is 9.44. The fourth-order valence-corrected chi connectivity index (χ4v) is 3.61. The second kappa shape index (κ2) is 55.9. The quantitative estimate of drug-likeness (QED) is 0.170. The molecular formula is C44H88F12Hf5O8. The Morgan fingerprint density at radius 2 is 0.217 bits per heavy atom. The Morgan fingerprint density at radius 3 is 0.246 bits per heavy atom. The Labute approximate surface area is 505 Å². The molecule has 0 aliphatic heterocycles. The minimum atomic E-state index is -0.755. The van der Waals surface area contributed by atoms with E-state index < -0.39 is 48.8 Å². The van der Waals surface area contributed by atoms with Gasteiger partial charge in [-0.2, -0.15) is 0 Å². The normalized spacial score (nSPS) is 13.9. The fraction of sp³-hybridized carbons (Fsp3) is 1.00. The van der Waals surface area contributed by atoms with E-state index in [1.54, 1.807) is 0 Å². The van der Waals surface area contributed by atoms with E-state index in [9.17, 15) is 40.9 Å². The van der Waals surface area contributed by atoms with Gasteiger partial charge in [0.25, 0.3) is 0 Å². The zero-order chi connectivity index (χ0) is 43.4. The van der Waals surface area contributed by atoms with E-state index in [4.69, 9.17) is 0 Å². The van der Waals surface area contributed by atoms with Crippen molar-refractivity contribution in [2.45, 2.75) is 241 Å². The zero-order valence-electron chi connectivity index (χ0n) is 45.7. The second-order valence-corrected chi connectivity index (χ2v) is 23.8. The monoisotopic (exact) mass is 1870 g/mol. The van der Waals surface area contributed by atoms with E-state index >= 15 is 0 Å². The minimum absolute atomic E-state index is 0. The van der Waals surface area contributed by atoms with Crippen molar-refractivity contribution in [3.05, 3.63) is 0 Å². The summed E-state index contributed by atoms with van der Waals surface area (Å²) in [5, 5.41) is 92.8. The van der Waals surface area contributed by atoms with Gasteiger partial charge in [-0.25, -0.2) is 0 Å². The Balaban J connectivity index is -0.0000000217. The van der Waals surface area contributed by atoms with Crippen LogP contribution in [0.2, 0.25) is 0 Å². The molecule has 69 heavy (non-hydrogen) atoms. The first-order valence-electron chi connectivity index (χ1n) is 19.5. The van der Waals surface area contributed by atoms with E-state index in [1.165, 1.54) is 0 Å². The summed E-state index contributed by atoms with van der Waals surface area (Å²) in [6, 6.07) is 0. The van der Waals surface area contributed by atoms with E-state index in [0.29, 0.717) is 0 Å². The molecule has 0 saturated heterocycles. The van der Waals surface area contributed by atoms with Crippen LogP contribution in [0.5, 0.6) is 0 Å². The molecule has 0 fully saturated rings. The van der Waals surface area contributed by atoms with Crippen molar-refractivity contribution in [1.29, 1.82) is 0 Å². The van der Waals surface area contributed by atoms with Crippen molar-refractivity contribution in [2.24, 2.45) is 43.3 Å². The van der Waals surface area contributed by atoms with Gasteiger partial charge in [-0.15, -0.1) is 48.8 Å². The molecule has 0 bridgehead atoms. The molecule has 8 nitrogen and oxygen atoms in total. The predicted octanol–water partition coefficient (Wildman–Crippen LogP) is -32.3. The van der Waals surface area contributed by atoms with Gasteiger partial charge in [0, 0.05) is 0 Å². The van der Waals surface area contributed by atoms with Crippen LogP contribution in [0.3, 0.4) is 0 Å². The molecule has 0 aromatic rings. The molecule has 0 aromatic heterocycles. The standard InChI is InChI=1S/4C11H22O2.12FH.5Hf/c4*1-10(2,3)8(12)7-9(13)11(4,5)6;;;;;;;;;;;;;;;;;/h4*8-9H,7H2,1-6H3;12*1H;;;;;/q4*-2;;;;;;;;;;;;;5*+4/p-12. The molecule has 0 heterocycles. The summed E-state index contributed by atoms with van der Waals surface area (Å²) in [4.78, 5) is 0. The molecule has 25 heteroatoms. The number of hydrogen-bond donors (Lipinski definition) is 0. The summed E-state index contributed by atoms with van der Waals surface area (Å²) in [7, 11) is 0. The molecule has 0 aliphatic rings. The van der Waals surface area contributed by atoms with Crippen LogP contribution in [0.15, 0.2) is 0 Å². The third-order valence-electron chi connectivity index (χ3n) is 9.44. The molecule has 0 spiro atoms. The van der Waals surface area contributed by atoms with Gasteiger partial charge in [-0.3, -0.25) is 0 Å². The molecule has 0 rings (SSSR count). The SMILES string of the molecule is CC(C)(C)C([O-])CC([O-])C(C)(C)C.CC(C)(C)C([O-])CC([O-])C(C)(C)C.CC(C)(C)C([O-])CC([O-])C(C)(C)C.CC(C)(C)C([O-])CC([O-])C(C)(C)C.[F-].[F-].[F-].[F-].[F-].[F-].[F-].[F-].[F-].[F-].[F-].[F-].[Hf+4].[Hf+4].[Hf+4].[Hf+4].[Hf+4]. The summed E-state index contributed by atoms with van der Waals surface area (Å²) < 4.78 is 0. The van der Waals surface area contributed by atoms with Gasteiger partial charge in [0.1, 0.15) is 0 Å². The van der Waals surface area contributed by atoms with Crippen LogP contribution < -0.4 is 97.3 Å². The average molecular weight is 1870 g/mol. The first kappa shape index (κ1) is 140. The topological polar surface area (TPSA) is 184 Å². The zero-order valence-corrected chi connectivity index (χ0v) is 63.7. The number of halogens is 12. The largest absolute Gasteiger partial charge is 4.00 e. The Bertz CT molecular complexity index is 752. The van der Waals surface area contributed by atoms with Gasteiger partial charge < -0.3 is 97.3 Å². The maximum absolute atomic E-state index is 11.6. The van der Waals surface area contributed by atoms with Crippen molar-refractivity contribution >= 4 is 0 Å². The van der Waals surface area contributed by atoms with Crippen LogP contribution in [-0.4, -0.2) is 48.8 Å². The maximum atomic E-state index is 11.6. The average Bonchev–Trinajstić information content (AvgIpc) is 2.85. The summed E-state index contributed by atoms with van der Waals surface area (Å²) in [6.07, 6.45) is -5.13. The second-order valence-electron chi connectivity index (χ2n) is 23.8. The van der Waals surface area contributed by atoms with Crippen molar-refractivity contribution in [1.82, 2.24) is 0 Å². The van der Waals surface area contributed by atoms with Crippen LogP contribution in [0.4, 0.5) is 0 Å². The number of rotatable bonds is 8. The van der Waals surface area contributed by atoms with Gasteiger partial charge >= 0.3 is 129 Å². The van der Waals surface area contributed by atoms with E-state index in [0.717, 1.165) is 0 Å². The van der Waals surface area contributed by atoms with Gasteiger partial charge in [0.15, 0.2) is 0 Å². The number of hydrogen-bond acceptors (Lipinski definition) is 8. The Morgan fingerprint density at radius 1 is 0.174 bits per heavy atom. The molecule has 0 N–H and O–H groups in total. The molecule has 0 aromatic carbocycles. The summed E-state index contributed by atoms with van der Waals surface area (Å²) >= 11 is 0. The van der Waals surface area contributed by atoms with E-state index in [1.807, 2.05) is 166 Å². The molecule has 0 saturated carbocycles. The molecule has 0 amide bonds. The summed E-state index contributed by atoms with van der Waals surface area (Å²) in [5.74, 6) is 0. The van der Waals surface area contributed by atoms with Crippen LogP contribution in [-0.2, 0) is 129 Å². The van der Waals surface area contributed by atoms with E-state index in [2.05, 4.69) is 0 Å². The summed E-state index contributed by atoms with van der Waals surface area (Å²) in [5.41, 5.74) is -2.38. The van der Waals surface area contributed by atoms with E-state index in [-0.39, 0.29) is 255 Å². The smallest absolute Gasteiger partial charge is 1.00 e. The minimum Gasteiger partial charge on any atom is -1.00 e. The molecule has 0 radical (unpaired) electrons. The van der Waals surface area contributed by atoms with Crippen LogP contribution in [0.25, 0.3) is 0 Å². The molecule has 0 aliphatic carbocycles. The van der Waals surface area contributed by atoms with Gasteiger partial charge in [0.05, 0.1) is 0 Å². The third kappa shape index (κ3) is 75.5. The molecular weight excluding hydrogens is 1780 g/mol. The van der Waals surface area contributed by atoms with Crippen molar-refractivity contribution in [3.8, 4) is 0 Å². The molecule has 8 unspecified atom stereocenters. The Hall–Kier alpha value is 3.19. The van der Waals surface area contributed by atoms with Gasteiger partial charge in [-0.1, -0.05) is 235 Å². The van der Waals surface area contributed by atoms with Crippen molar-refractivity contribution < 1.29 is 227 Å². The predicted molar refractivity (Wildman–Crippen MR) is 204 cm³/mol. The van der Waals surface area contributed by atoms with Gasteiger partial charge in [0.2, 0.25) is 0 Å². The molecule has 8 atom stereocenters. The molecule has 416 valence electrons. The fourth-order valence-electron chi connectivity index (χ4n) is 3.61. The first-order valence-corrected chi connectivity index (χ1v) is 19.5. The van der Waals surface area contributed by atoms with Crippen molar-refractivity contribution in [2.75, 3.05) is 0 Å². The van der Waals surface area contributed by atoms with Crippen molar-refractivity contribution in [3.63, 3.8) is 0 Å².